The largest absolute Gasteiger partial charge is 0.396 e. The van der Waals surface area contributed by atoms with Gasteiger partial charge in [-0.2, -0.15) is 5.10 Å². The fourth-order valence-electron chi connectivity index (χ4n) is 1.80. The van der Waals surface area contributed by atoms with Crippen molar-refractivity contribution in [1.82, 2.24) is 15.1 Å². The average molecular weight is 291 g/mol. The van der Waals surface area contributed by atoms with E-state index in [-0.39, 0.29) is 30.2 Å². The Bertz CT molecular complexity index is 627. The molecule has 0 aliphatic rings. The number of nitrogens with zero attached hydrogens (tertiary/aromatic N) is 2. The quantitative estimate of drug-likeness (QED) is 0.882. The molecular formula is C15H18FN3O2. The lowest BCUT2D eigenvalue weighted by Crippen LogP contribution is -2.38. The third-order valence-corrected chi connectivity index (χ3v) is 3.44. The third kappa shape index (κ3) is 3.46. The van der Waals surface area contributed by atoms with E-state index >= 15 is 0 Å². The number of nitrogens with one attached hydrogen (secondary N) is 1. The molecule has 2 aromatic rings. The Morgan fingerprint density at radius 1 is 1.43 bits per heavy atom. The number of aliphatic hydroxyl groups is 1. The Morgan fingerprint density at radius 3 is 2.81 bits per heavy atom. The number of aromatic nitrogens is 2. The lowest BCUT2D eigenvalue weighted by atomic mass is 10.1. The molecule has 2 N–H and O–H groups in total. The van der Waals surface area contributed by atoms with Crippen molar-refractivity contribution in [1.29, 1.82) is 0 Å². The summed E-state index contributed by atoms with van der Waals surface area (Å²) in [4.78, 5) is 12.1. The van der Waals surface area contributed by atoms with Crippen molar-refractivity contribution in [3.8, 4) is 5.69 Å². The van der Waals surface area contributed by atoms with Crippen molar-refractivity contribution in [2.45, 2.75) is 19.9 Å². The Balaban J connectivity index is 2.13. The molecule has 112 valence electrons. The van der Waals surface area contributed by atoms with Crippen LogP contribution < -0.4 is 5.32 Å². The second kappa shape index (κ2) is 6.49. The molecule has 1 amide bonds. The Kier molecular flexibility index (Phi) is 4.70. The Labute approximate surface area is 122 Å². The predicted molar refractivity (Wildman–Crippen MR) is 76.7 cm³/mol. The standard InChI is InChI=1S/C15H18FN3O2/c1-10(9-20)11(2)18-15(21)12-7-17-19(8-12)14-6-4-3-5-13(14)16/h3-8,10-11,20H,9H2,1-2H3,(H,18,21). The maximum Gasteiger partial charge on any atom is 0.254 e. The normalized spacial score (nSPS) is 13.7. The lowest BCUT2D eigenvalue weighted by molar-refractivity contribution is 0.0916. The van der Waals surface area contributed by atoms with Gasteiger partial charge < -0.3 is 10.4 Å². The molecule has 2 atom stereocenters. The molecule has 0 aliphatic heterocycles. The molecule has 0 bridgehead atoms. The maximum atomic E-state index is 13.7. The molecule has 2 unspecified atom stereocenters. The Hall–Kier alpha value is -2.21. The minimum atomic E-state index is -0.408. The number of para-hydroxylation sites is 1. The third-order valence-electron chi connectivity index (χ3n) is 3.44. The van der Waals surface area contributed by atoms with E-state index in [4.69, 9.17) is 5.11 Å². The van der Waals surface area contributed by atoms with E-state index in [2.05, 4.69) is 10.4 Å². The van der Waals surface area contributed by atoms with Gasteiger partial charge in [0.2, 0.25) is 0 Å². The smallest absolute Gasteiger partial charge is 0.254 e. The molecule has 1 heterocycles. The summed E-state index contributed by atoms with van der Waals surface area (Å²) in [5, 5.41) is 15.8. The summed E-state index contributed by atoms with van der Waals surface area (Å²) in [5.41, 5.74) is 0.628. The number of benzene rings is 1. The molecule has 1 aromatic carbocycles. The first-order valence-corrected chi connectivity index (χ1v) is 6.74. The topological polar surface area (TPSA) is 67.2 Å². The highest BCUT2D eigenvalue weighted by atomic mass is 19.1. The van der Waals surface area contributed by atoms with Crippen LogP contribution in [0.25, 0.3) is 5.69 Å². The van der Waals surface area contributed by atoms with Gasteiger partial charge in [0.05, 0.1) is 11.8 Å². The minimum absolute atomic E-state index is 0.00403. The van der Waals surface area contributed by atoms with Gasteiger partial charge in [-0.1, -0.05) is 19.1 Å². The number of amides is 1. The predicted octanol–water partition coefficient (Wildman–Crippen LogP) is 1.76. The van der Waals surface area contributed by atoms with E-state index in [1.807, 2.05) is 13.8 Å². The van der Waals surface area contributed by atoms with E-state index in [9.17, 15) is 9.18 Å². The molecule has 0 fully saturated rings. The maximum absolute atomic E-state index is 13.7. The summed E-state index contributed by atoms with van der Waals surface area (Å²) in [6.45, 7) is 3.66. The molecule has 0 spiro atoms. The van der Waals surface area contributed by atoms with Crippen LogP contribution in [-0.2, 0) is 0 Å². The summed E-state index contributed by atoms with van der Waals surface area (Å²) in [6.07, 6.45) is 2.86. The zero-order valence-electron chi connectivity index (χ0n) is 12.0. The first-order valence-electron chi connectivity index (χ1n) is 6.74. The van der Waals surface area contributed by atoms with Crippen molar-refractivity contribution in [2.24, 2.45) is 5.92 Å². The van der Waals surface area contributed by atoms with Crippen molar-refractivity contribution in [3.05, 3.63) is 48.0 Å². The first-order chi connectivity index (χ1) is 10.0. The monoisotopic (exact) mass is 291 g/mol. The first kappa shape index (κ1) is 15.2. The fraction of sp³-hybridized carbons (Fsp3) is 0.333. The van der Waals surface area contributed by atoms with Gasteiger partial charge in [0.1, 0.15) is 11.5 Å². The molecule has 6 heteroatoms. The van der Waals surface area contributed by atoms with Crippen molar-refractivity contribution < 1.29 is 14.3 Å². The molecule has 2 rings (SSSR count). The molecular weight excluding hydrogens is 273 g/mol. The number of aliphatic hydroxyl groups excluding tert-OH is 1. The van der Waals surface area contributed by atoms with Crippen LogP contribution in [0.2, 0.25) is 0 Å². The van der Waals surface area contributed by atoms with Crippen LogP contribution in [-0.4, -0.2) is 33.4 Å². The molecule has 0 aliphatic carbocycles. The van der Waals surface area contributed by atoms with Crippen LogP contribution in [0.5, 0.6) is 0 Å². The zero-order valence-corrected chi connectivity index (χ0v) is 12.0. The molecule has 0 radical (unpaired) electrons. The number of rotatable bonds is 5. The number of carbonyl (C=O) groups excluding carboxylic acids is 1. The van der Waals surface area contributed by atoms with Crippen molar-refractivity contribution in [3.63, 3.8) is 0 Å². The SMILES string of the molecule is CC(CO)C(C)NC(=O)c1cnn(-c2ccccc2F)c1. The number of hydrogen-bond donors (Lipinski definition) is 2. The molecule has 0 saturated heterocycles. The summed E-state index contributed by atoms with van der Waals surface area (Å²) in [5.74, 6) is -0.754. The van der Waals surface area contributed by atoms with Gasteiger partial charge in [0, 0.05) is 18.8 Å². The van der Waals surface area contributed by atoms with Crippen molar-refractivity contribution >= 4 is 5.91 Å². The van der Waals surface area contributed by atoms with Gasteiger partial charge in [-0.15, -0.1) is 0 Å². The summed E-state index contributed by atoms with van der Waals surface area (Å²) >= 11 is 0. The second-order valence-corrected chi connectivity index (χ2v) is 5.05. The van der Waals surface area contributed by atoms with Gasteiger partial charge in [-0.25, -0.2) is 9.07 Å². The summed E-state index contributed by atoms with van der Waals surface area (Å²) < 4.78 is 15.0. The van der Waals surface area contributed by atoms with Gasteiger partial charge in [0.25, 0.3) is 5.91 Å². The van der Waals surface area contributed by atoms with Crippen LogP contribution in [0, 0.1) is 11.7 Å². The zero-order chi connectivity index (χ0) is 15.4. The van der Waals surface area contributed by atoms with Crippen LogP contribution in [0.1, 0.15) is 24.2 Å². The highest BCUT2D eigenvalue weighted by Gasteiger charge is 2.17. The van der Waals surface area contributed by atoms with Crippen LogP contribution in [0.3, 0.4) is 0 Å². The number of hydrogen-bond acceptors (Lipinski definition) is 3. The van der Waals surface area contributed by atoms with E-state index in [1.54, 1.807) is 18.2 Å². The lowest BCUT2D eigenvalue weighted by Gasteiger charge is -2.18. The minimum Gasteiger partial charge on any atom is -0.396 e. The second-order valence-electron chi connectivity index (χ2n) is 5.05. The van der Waals surface area contributed by atoms with Crippen molar-refractivity contribution in [2.75, 3.05) is 6.61 Å². The van der Waals surface area contributed by atoms with E-state index in [0.29, 0.717) is 5.56 Å². The molecule has 0 saturated carbocycles. The van der Waals surface area contributed by atoms with Crippen LogP contribution >= 0.6 is 0 Å². The summed E-state index contributed by atoms with van der Waals surface area (Å²) in [6, 6.07) is 6.04. The average Bonchev–Trinajstić information content (AvgIpc) is 2.96. The van der Waals surface area contributed by atoms with E-state index < -0.39 is 5.82 Å². The Morgan fingerprint density at radius 2 is 2.14 bits per heavy atom. The molecule has 5 nitrogen and oxygen atoms in total. The van der Waals surface area contributed by atoms with Gasteiger partial charge in [0.15, 0.2) is 0 Å². The van der Waals surface area contributed by atoms with Gasteiger partial charge in [-0.05, 0) is 25.0 Å². The van der Waals surface area contributed by atoms with E-state index in [0.717, 1.165) is 0 Å². The van der Waals surface area contributed by atoms with Gasteiger partial charge in [-0.3, -0.25) is 4.79 Å². The highest BCUT2D eigenvalue weighted by Crippen LogP contribution is 2.13. The number of carbonyl (C=O) groups is 1. The number of halogens is 1. The van der Waals surface area contributed by atoms with Crippen LogP contribution in [0.4, 0.5) is 4.39 Å². The molecule has 1 aromatic heterocycles. The van der Waals surface area contributed by atoms with E-state index in [1.165, 1.54) is 23.1 Å². The fourth-order valence-corrected chi connectivity index (χ4v) is 1.80. The highest BCUT2D eigenvalue weighted by molar-refractivity contribution is 5.93. The van der Waals surface area contributed by atoms with Crippen LogP contribution in [0.15, 0.2) is 36.7 Å². The molecule has 21 heavy (non-hydrogen) atoms. The van der Waals surface area contributed by atoms with Gasteiger partial charge >= 0.3 is 0 Å². The summed E-state index contributed by atoms with van der Waals surface area (Å²) in [7, 11) is 0.